The SMILES string of the molecule is CCOc1ccc(NC(=NC)NCCN2CCc3ccccc3C2)cc1OC.I. The molecule has 0 saturated heterocycles. The number of nitrogens with zero attached hydrogens (tertiary/aromatic N) is 2. The second kappa shape index (κ2) is 11.9. The number of benzene rings is 2. The van der Waals surface area contributed by atoms with E-state index in [0.29, 0.717) is 12.4 Å². The van der Waals surface area contributed by atoms with Crippen molar-refractivity contribution in [3.05, 3.63) is 53.6 Å². The van der Waals surface area contributed by atoms with Crippen molar-refractivity contribution in [2.75, 3.05) is 45.7 Å². The topological polar surface area (TPSA) is 58.1 Å². The number of hydrogen-bond acceptors (Lipinski definition) is 4. The van der Waals surface area contributed by atoms with Crippen molar-refractivity contribution >= 4 is 35.6 Å². The zero-order chi connectivity index (χ0) is 19.8. The van der Waals surface area contributed by atoms with Gasteiger partial charge in [-0.15, -0.1) is 24.0 Å². The fraction of sp³-hybridized carbons (Fsp3) is 0.409. The summed E-state index contributed by atoms with van der Waals surface area (Å²) in [5, 5.41) is 6.70. The molecule has 0 unspecified atom stereocenters. The van der Waals surface area contributed by atoms with Crippen LogP contribution in [0.2, 0.25) is 0 Å². The highest BCUT2D eigenvalue weighted by atomic mass is 127. The van der Waals surface area contributed by atoms with E-state index in [1.807, 2.05) is 25.1 Å². The number of anilines is 1. The van der Waals surface area contributed by atoms with Crippen LogP contribution in [0.4, 0.5) is 5.69 Å². The Labute approximate surface area is 190 Å². The van der Waals surface area contributed by atoms with E-state index in [9.17, 15) is 0 Å². The second-order valence-corrected chi connectivity index (χ2v) is 6.72. The molecule has 0 atom stereocenters. The predicted octanol–water partition coefficient (Wildman–Crippen LogP) is 3.76. The van der Waals surface area contributed by atoms with Gasteiger partial charge in [0.05, 0.1) is 13.7 Å². The average molecular weight is 510 g/mol. The van der Waals surface area contributed by atoms with Crippen molar-refractivity contribution in [2.24, 2.45) is 4.99 Å². The molecule has 3 rings (SSSR count). The minimum Gasteiger partial charge on any atom is -0.493 e. The number of nitrogens with one attached hydrogen (secondary N) is 2. The maximum atomic E-state index is 5.57. The fourth-order valence-electron chi connectivity index (χ4n) is 3.41. The van der Waals surface area contributed by atoms with Crippen LogP contribution in [0.5, 0.6) is 11.5 Å². The Balaban J connectivity index is 0.00000300. The molecule has 1 aliphatic rings. The van der Waals surface area contributed by atoms with Crippen molar-refractivity contribution in [3.8, 4) is 11.5 Å². The minimum absolute atomic E-state index is 0. The fourth-order valence-corrected chi connectivity index (χ4v) is 3.41. The maximum Gasteiger partial charge on any atom is 0.195 e. The number of hydrogen-bond donors (Lipinski definition) is 2. The van der Waals surface area contributed by atoms with Gasteiger partial charge in [-0.05, 0) is 36.6 Å². The number of guanidine groups is 1. The van der Waals surface area contributed by atoms with Crippen LogP contribution in [-0.4, -0.2) is 51.3 Å². The molecule has 158 valence electrons. The highest BCUT2D eigenvalue weighted by molar-refractivity contribution is 14.0. The van der Waals surface area contributed by atoms with Crippen LogP contribution in [0.3, 0.4) is 0 Å². The van der Waals surface area contributed by atoms with Gasteiger partial charge in [0.2, 0.25) is 0 Å². The van der Waals surface area contributed by atoms with Crippen LogP contribution in [0.15, 0.2) is 47.5 Å². The summed E-state index contributed by atoms with van der Waals surface area (Å²) in [4.78, 5) is 6.79. The molecular weight excluding hydrogens is 479 g/mol. The van der Waals surface area contributed by atoms with Crippen LogP contribution in [-0.2, 0) is 13.0 Å². The molecule has 0 bridgehead atoms. The first-order chi connectivity index (χ1) is 13.7. The number of rotatable bonds is 7. The Morgan fingerprint density at radius 2 is 1.93 bits per heavy atom. The van der Waals surface area contributed by atoms with E-state index in [0.717, 1.165) is 50.0 Å². The van der Waals surface area contributed by atoms with Crippen LogP contribution < -0.4 is 20.1 Å². The van der Waals surface area contributed by atoms with Gasteiger partial charge in [-0.3, -0.25) is 9.89 Å². The Morgan fingerprint density at radius 1 is 1.14 bits per heavy atom. The molecule has 2 aromatic rings. The molecule has 0 fully saturated rings. The van der Waals surface area contributed by atoms with E-state index < -0.39 is 0 Å². The number of methoxy groups -OCH3 is 1. The third-order valence-electron chi connectivity index (χ3n) is 4.88. The van der Waals surface area contributed by atoms with Crippen molar-refractivity contribution in [1.29, 1.82) is 0 Å². The summed E-state index contributed by atoms with van der Waals surface area (Å²) < 4.78 is 11.0. The monoisotopic (exact) mass is 510 g/mol. The van der Waals surface area contributed by atoms with E-state index in [1.54, 1.807) is 14.2 Å². The smallest absolute Gasteiger partial charge is 0.195 e. The number of fused-ring (bicyclic) bond motifs is 1. The third-order valence-corrected chi connectivity index (χ3v) is 4.88. The van der Waals surface area contributed by atoms with Crippen LogP contribution in [0.1, 0.15) is 18.1 Å². The lowest BCUT2D eigenvalue weighted by Gasteiger charge is -2.28. The summed E-state index contributed by atoms with van der Waals surface area (Å²) in [7, 11) is 3.42. The van der Waals surface area contributed by atoms with Crippen LogP contribution in [0, 0.1) is 0 Å². The Bertz CT molecular complexity index is 813. The van der Waals surface area contributed by atoms with Gasteiger partial charge in [-0.1, -0.05) is 24.3 Å². The predicted molar refractivity (Wildman–Crippen MR) is 130 cm³/mol. The van der Waals surface area contributed by atoms with Gasteiger partial charge in [0, 0.05) is 45.0 Å². The summed E-state index contributed by atoms with van der Waals surface area (Å²) in [6.45, 7) is 6.48. The van der Waals surface area contributed by atoms with E-state index in [1.165, 1.54) is 11.1 Å². The molecule has 29 heavy (non-hydrogen) atoms. The van der Waals surface area contributed by atoms with Crippen LogP contribution >= 0.6 is 24.0 Å². The highest BCUT2D eigenvalue weighted by Gasteiger charge is 2.15. The molecule has 2 N–H and O–H groups in total. The molecule has 0 aliphatic carbocycles. The molecule has 7 heteroatoms. The zero-order valence-corrected chi connectivity index (χ0v) is 19.7. The number of aliphatic imine (C=N–C) groups is 1. The molecule has 0 aromatic heterocycles. The number of halogens is 1. The third kappa shape index (κ3) is 6.50. The lowest BCUT2D eigenvalue weighted by molar-refractivity contribution is 0.258. The van der Waals surface area contributed by atoms with Crippen LogP contribution in [0.25, 0.3) is 0 Å². The lowest BCUT2D eigenvalue weighted by Crippen LogP contribution is -2.39. The van der Waals surface area contributed by atoms with E-state index >= 15 is 0 Å². The van der Waals surface area contributed by atoms with Gasteiger partial charge >= 0.3 is 0 Å². The summed E-state index contributed by atoms with van der Waals surface area (Å²) in [6.07, 6.45) is 1.12. The average Bonchev–Trinajstić information content (AvgIpc) is 2.74. The second-order valence-electron chi connectivity index (χ2n) is 6.72. The lowest BCUT2D eigenvalue weighted by atomic mass is 10.00. The molecule has 6 nitrogen and oxygen atoms in total. The van der Waals surface area contributed by atoms with E-state index in [2.05, 4.69) is 44.8 Å². The summed E-state index contributed by atoms with van der Waals surface area (Å²) in [5.41, 5.74) is 3.83. The first-order valence-electron chi connectivity index (χ1n) is 9.81. The van der Waals surface area contributed by atoms with Crippen molar-refractivity contribution < 1.29 is 9.47 Å². The molecular formula is C22H31IN4O2. The summed E-state index contributed by atoms with van der Waals surface area (Å²) in [6, 6.07) is 14.5. The number of ether oxygens (including phenoxy) is 2. The Morgan fingerprint density at radius 3 is 2.66 bits per heavy atom. The quantitative estimate of drug-likeness (QED) is 0.338. The normalized spacial score (nSPS) is 13.8. The Kier molecular flexibility index (Phi) is 9.53. The molecule has 2 aromatic carbocycles. The van der Waals surface area contributed by atoms with Crippen molar-refractivity contribution in [1.82, 2.24) is 10.2 Å². The largest absolute Gasteiger partial charge is 0.493 e. The zero-order valence-electron chi connectivity index (χ0n) is 17.4. The van der Waals surface area contributed by atoms with Gasteiger partial charge in [-0.2, -0.15) is 0 Å². The standard InChI is InChI=1S/C22H30N4O2.HI/c1-4-28-20-10-9-19(15-21(20)27-3)25-22(23-2)24-12-14-26-13-11-17-7-5-6-8-18(17)16-26;/h5-10,15H,4,11-14,16H2,1-3H3,(H2,23,24,25);1H. The minimum atomic E-state index is 0. The van der Waals surface area contributed by atoms with E-state index in [-0.39, 0.29) is 24.0 Å². The van der Waals surface area contributed by atoms with E-state index in [4.69, 9.17) is 9.47 Å². The van der Waals surface area contributed by atoms with Crippen molar-refractivity contribution in [3.63, 3.8) is 0 Å². The summed E-state index contributed by atoms with van der Waals surface area (Å²) in [5.74, 6) is 2.18. The first-order valence-corrected chi connectivity index (χ1v) is 9.81. The molecule has 0 amide bonds. The van der Waals surface area contributed by atoms with Gasteiger partial charge in [0.25, 0.3) is 0 Å². The molecule has 1 heterocycles. The molecule has 0 saturated carbocycles. The van der Waals surface area contributed by atoms with Gasteiger partial charge in [0.15, 0.2) is 17.5 Å². The summed E-state index contributed by atoms with van der Waals surface area (Å²) >= 11 is 0. The molecule has 0 radical (unpaired) electrons. The molecule has 0 spiro atoms. The van der Waals surface area contributed by atoms with Gasteiger partial charge in [-0.25, -0.2) is 0 Å². The highest BCUT2D eigenvalue weighted by Crippen LogP contribution is 2.30. The van der Waals surface area contributed by atoms with Gasteiger partial charge < -0.3 is 20.1 Å². The van der Waals surface area contributed by atoms with Crippen molar-refractivity contribution in [2.45, 2.75) is 19.9 Å². The molecule has 1 aliphatic heterocycles. The first kappa shape index (κ1) is 23.3. The maximum absolute atomic E-state index is 5.57. The van der Waals surface area contributed by atoms with Gasteiger partial charge in [0.1, 0.15) is 0 Å². The Hall–Kier alpha value is -2.00.